The number of halogens is 2. The standard InChI is InChI=1S/C28H22Cl2N2O4S/c1-4-35-27(34)23-16(3)31-28-32(25(23)17-10-8-15(2)9-11-17)26(33)22(37-28)14-18-12-13-21(36-18)19-6-5-7-20(29)24(19)30/h5-14,25H,4H2,1-3H3/b22-14-. The highest BCUT2D eigenvalue weighted by Gasteiger charge is 2.33. The van der Waals surface area contributed by atoms with Gasteiger partial charge in [-0.05, 0) is 50.6 Å². The van der Waals surface area contributed by atoms with Crippen LogP contribution < -0.4 is 14.9 Å². The molecular formula is C28H22Cl2N2O4S. The highest BCUT2D eigenvalue weighted by atomic mass is 35.5. The van der Waals surface area contributed by atoms with E-state index in [1.165, 1.54) is 11.3 Å². The number of esters is 1. The summed E-state index contributed by atoms with van der Waals surface area (Å²) in [5, 5.41) is 0.818. The molecule has 0 aliphatic carbocycles. The van der Waals surface area contributed by atoms with Crippen LogP contribution in [0.25, 0.3) is 17.4 Å². The SMILES string of the molecule is CCOC(=O)C1=C(C)N=c2s/c(=C\c3ccc(-c4cccc(Cl)c4Cl)o3)c(=O)n2C1c1ccc(C)cc1. The Kier molecular flexibility index (Phi) is 6.94. The lowest BCUT2D eigenvalue weighted by Gasteiger charge is -2.24. The maximum Gasteiger partial charge on any atom is 0.338 e. The molecule has 0 radical (unpaired) electrons. The lowest BCUT2D eigenvalue weighted by atomic mass is 9.95. The second-order valence-electron chi connectivity index (χ2n) is 8.52. The third kappa shape index (κ3) is 4.70. The number of aryl methyl sites for hydroxylation is 1. The summed E-state index contributed by atoms with van der Waals surface area (Å²) in [7, 11) is 0. The quantitative estimate of drug-likeness (QED) is 0.299. The first kappa shape index (κ1) is 25.3. The van der Waals surface area contributed by atoms with E-state index in [4.69, 9.17) is 32.4 Å². The highest BCUT2D eigenvalue weighted by molar-refractivity contribution is 7.07. The minimum atomic E-state index is -0.657. The van der Waals surface area contributed by atoms with Gasteiger partial charge in [0.25, 0.3) is 5.56 Å². The van der Waals surface area contributed by atoms with E-state index in [2.05, 4.69) is 4.99 Å². The molecule has 1 aliphatic heterocycles. The van der Waals surface area contributed by atoms with E-state index in [0.29, 0.717) is 47.7 Å². The first-order chi connectivity index (χ1) is 17.8. The van der Waals surface area contributed by atoms with E-state index in [1.54, 1.807) is 48.8 Å². The second-order valence-corrected chi connectivity index (χ2v) is 10.3. The molecule has 0 spiro atoms. The zero-order valence-corrected chi connectivity index (χ0v) is 22.6. The van der Waals surface area contributed by atoms with Crippen molar-refractivity contribution >= 4 is 46.6 Å². The predicted molar refractivity (Wildman–Crippen MR) is 146 cm³/mol. The lowest BCUT2D eigenvalue weighted by Crippen LogP contribution is -2.39. The summed E-state index contributed by atoms with van der Waals surface area (Å²) in [6.07, 6.45) is 1.67. The van der Waals surface area contributed by atoms with Gasteiger partial charge in [0.05, 0.1) is 38.5 Å². The molecule has 6 nitrogen and oxygen atoms in total. The van der Waals surface area contributed by atoms with Crippen LogP contribution in [0.3, 0.4) is 0 Å². The number of carbonyl (C=O) groups is 1. The molecule has 4 aromatic rings. The molecule has 0 bridgehead atoms. The number of thiazole rings is 1. The Morgan fingerprint density at radius 2 is 1.89 bits per heavy atom. The molecule has 5 rings (SSSR count). The molecule has 188 valence electrons. The molecule has 1 unspecified atom stereocenters. The van der Waals surface area contributed by atoms with E-state index in [-0.39, 0.29) is 12.2 Å². The average Bonchev–Trinajstić information content (AvgIpc) is 3.45. The maximum absolute atomic E-state index is 13.7. The van der Waals surface area contributed by atoms with Crippen LogP contribution >= 0.6 is 34.5 Å². The molecular weight excluding hydrogens is 531 g/mol. The summed E-state index contributed by atoms with van der Waals surface area (Å²) in [4.78, 5) is 31.8. The molecule has 2 aromatic heterocycles. The van der Waals surface area contributed by atoms with Gasteiger partial charge in [-0.1, -0.05) is 70.4 Å². The predicted octanol–water partition coefficient (Wildman–Crippen LogP) is 5.67. The van der Waals surface area contributed by atoms with Gasteiger partial charge in [-0.15, -0.1) is 0 Å². The number of nitrogens with zero attached hydrogens (tertiary/aromatic N) is 2. The Morgan fingerprint density at radius 3 is 2.62 bits per heavy atom. The van der Waals surface area contributed by atoms with Crippen molar-refractivity contribution in [2.75, 3.05) is 6.61 Å². The number of furan rings is 1. The number of ether oxygens (including phenoxy) is 1. The number of benzene rings is 2. The van der Waals surface area contributed by atoms with Gasteiger partial charge in [-0.3, -0.25) is 9.36 Å². The van der Waals surface area contributed by atoms with Gasteiger partial charge in [-0.2, -0.15) is 0 Å². The summed E-state index contributed by atoms with van der Waals surface area (Å²) >= 11 is 13.7. The van der Waals surface area contributed by atoms with Crippen LogP contribution in [0.4, 0.5) is 0 Å². The van der Waals surface area contributed by atoms with Crippen molar-refractivity contribution in [3.05, 3.63) is 112 Å². The molecule has 0 N–H and O–H groups in total. The van der Waals surface area contributed by atoms with Crippen molar-refractivity contribution in [2.24, 2.45) is 4.99 Å². The van der Waals surface area contributed by atoms with E-state index < -0.39 is 12.0 Å². The third-order valence-electron chi connectivity index (χ3n) is 6.03. The Labute approximate surface area is 226 Å². The minimum absolute atomic E-state index is 0.220. The van der Waals surface area contributed by atoms with Crippen LogP contribution in [-0.2, 0) is 9.53 Å². The van der Waals surface area contributed by atoms with Gasteiger partial charge in [0.2, 0.25) is 0 Å². The first-order valence-electron chi connectivity index (χ1n) is 11.6. The van der Waals surface area contributed by atoms with E-state index in [1.807, 2.05) is 37.3 Å². The average molecular weight is 553 g/mol. The van der Waals surface area contributed by atoms with Crippen molar-refractivity contribution in [3.63, 3.8) is 0 Å². The van der Waals surface area contributed by atoms with Crippen LogP contribution in [0.5, 0.6) is 0 Å². The fourth-order valence-corrected chi connectivity index (χ4v) is 5.67. The van der Waals surface area contributed by atoms with Crippen molar-refractivity contribution in [2.45, 2.75) is 26.8 Å². The van der Waals surface area contributed by atoms with Gasteiger partial charge in [0.15, 0.2) is 4.80 Å². The first-order valence-corrected chi connectivity index (χ1v) is 13.2. The Morgan fingerprint density at radius 1 is 1.14 bits per heavy atom. The van der Waals surface area contributed by atoms with Crippen LogP contribution in [0.1, 0.15) is 36.8 Å². The zero-order valence-electron chi connectivity index (χ0n) is 20.2. The van der Waals surface area contributed by atoms with Crippen LogP contribution in [0.15, 0.2) is 80.1 Å². The number of hydrogen-bond acceptors (Lipinski definition) is 6. The number of carbonyl (C=O) groups excluding carboxylic acids is 1. The summed E-state index contributed by atoms with van der Waals surface area (Å²) < 4.78 is 13.3. The van der Waals surface area contributed by atoms with Gasteiger partial charge < -0.3 is 9.15 Å². The molecule has 1 aliphatic rings. The van der Waals surface area contributed by atoms with Gasteiger partial charge in [0, 0.05) is 11.6 Å². The molecule has 3 heterocycles. The topological polar surface area (TPSA) is 73.8 Å². The van der Waals surface area contributed by atoms with Gasteiger partial charge in [0.1, 0.15) is 11.5 Å². The Hall–Kier alpha value is -3.39. The van der Waals surface area contributed by atoms with Crippen molar-refractivity contribution in [1.29, 1.82) is 0 Å². The van der Waals surface area contributed by atoms with Crippen molar-refractivity contribution < 1.29 is 13.9 Å². The molecule has 0 amide bonds. The normalized spacial score (nSPS) is 15.5. The van der Waals surface area contributed by atoms with Crippen molar-refractivity contribution in [3.8, 4) is 11.3 Å². The molecule has 0 saturated carbocycles. The molecule has 1 atom stereocenters. The van der Waals surface area contributed by atoms with Crippen LogP contribution in [0, 0.1) is 6.92 Å². The highest BCUT2D eigenvalue weighted by Crippen LogP contribution is 2.34. The Balaban J connectivity index is 1.64. The number of hydrogen-bond donors (Lipinski definition) is 0. The minimum Gasteiger partial charge on any atom is -0.463 e. The van der Waals surface area contributed by atoms with E-state index in [9.17, 15) is 9.59 Å². The summed E-state index contributed by atoms with van der Waals surface area (Å²) in [5.41, 5.74) is 3.12. The molecule has 9 heteroatoms. The molecule has 0 fully saturated rings. The summed E-state index contributed by atoms with van der Waals surface area (Å²) in [6, 6.07) is 15.9. The van der Waals surface area contributed by atoms with E-state index in [0.717, 1.165) is 11.1 Å². The molecule has 37 heavy (non-hydrogen) atoms. The largest absolute Gasteiger partial charge is 0.463 e. The van der Waals surface area contributed by atoms with Gasteiger partial charge >= 0.3 is 5.97 Å². The lowest BCUT2D eigenvalue weighted by molar-refractivity contribution is -0.139. The zero-order chi connectivity index (χ0) is 26.3. The summed E-state index contributed by atoms with van der Waals surface area (Å²) in [6.45, 7) is 5.71. The number of fused-ring (bicyclic) bond motifs is 1. The monoisotopic (exact) mass is 552 g/mol. The molecule has 0 saturated heterocycles. The number of allylic oxidation sites excluding steroid dienone is 1. The third-order valence-corrected chi connectivity index (χ3v) is 7.83. The van der Waals surface area contributed by atoms with Gasteiger partial charge in [-0.25, -0.2) is 9.79 Å². The van der Waals surface area contributed by atoms with E-state index >= 15 is 0 Å². The Bertz CT molecular complexity index is 1730. The maximum atomic E-state index is 13.7. The smallest absolute Gasteiger partial charge is 0.338 e. The second kappa shape index (κ2) is 10.2. The molecule has 2 aromatic carbocycles. The number of rotatable bonds is 5. The fraction of sp³-hybridized carbons (Fsp3) is 0.179. The number of aromatic nitrogens is 1. The van der Waals surface area contributed by atoms with Crippen molar-refractivity contribution in [1.82, 2.24) is 4.57 Å². The van der Waals surface area contributed by atoms with Crippen LogP contribution in [-0.4, -0.2) is 17.1 Å². The fourth-order valence-electron chi connectivity index (χ4n) is 4.25. The summed E-state index contributed by atoms with van der Waals surface area (Å²) in [5.74, 6) is 0.520. The van der Waals surface area contributed by atoms with Crippen LogP contribution in [0.2, 0.25) is 10.0 Å².